The molecule has 0 unspecified atom stereocenters. The maximum absolute atomic E-state index is 12.2. The topological polar surface area (TPSA) is 75.3 Å². The van der Waals surface area contributed by atoms with Crippen molar-refractivity contribution < 1.29 is 14.4 Å². The van der Waals surface area contributed by atoms with E-state index >= 15 is 0 Å². The molecular formula is C22H20N2O3S. The van der Waals surface area contributed by atoms with E-state index in [2.05, 4.69) is 10.6 Å². The van der Waals surface area contributed by atoms with Gasteiger partial charge in [0.15, 0.2) is 5.78 Å². The van der Waals surface area contributed by atoms with E-state index in [1.54, 1.807) is 24.3 Å². The van der Waals surface area contributed by atoms with E-state index in [9.17, 15) is 14.4 Å². The lowest BCUT2D eigenvalue weighted by atomic mass is 10.1. The zero-order valence-electron chi connectivity index (χ0n) is 15.4. The summed E-state index contributed by atoms with van der Waals surface area (Å²) < 4.78 is 0. The Labute approximate surface area is 167 Å². The van der Waals surface area contributed by atoms with Gasteiger partial charge in [0, 0.05) is 22.3 Å². The van der Waals surface area contributed by atoms with Gasteiger partial charge < -0.3 is 10.6 Å². The molecule has 0 fully saturated rings. The Kier molecular flexibility index (Phi) is 6.45. The first-order chi connectivity index (χ1) is 13.5. The zero-order chi connectivity index (χ0) is 19.9. The van der Waals surface area contributed by atoms with Crippen LogP contribution < -0.4 is 10.6 Å². The first-order valence-corrected chi connectivity index (χ1v) is 9.94. The molecule has 0 bridgehead atoms. The minimum Gasteiger partial charge on any atom is -0.325 e. The molecule has 5 nitrogen and oxygen atoms in total. The Hall–Kier alpha value is -3.12. The second-order valence-electron chi connectivity index (χ2n) is 6.25. The lowest BCUT2D eigenvalue weighted by Crippen LogP contribution is -2.18. The van der Waals surface area contributed by atoms with Crippen LogP contribution in [-0.2, 0) is 9.59 Å². The Morgan fingerprint density at radius 1 is 0.786 bits per heavy atom. The third-order valence-electron chi connectivity index (χ3n) is 4.11. The minimum absolute atomic E-state index is 0.0226. The highest BCUT2D eigenvalue weighted by Gasteiger charge is 2.08. The normalized spacial score (nSPS) is 10.5. The number of hydrogen-bond donors (Lipinski definition) is 2. The molecule has 2 amide bonds. The number of ketones is 1. The van der Waals surface area contributed by atoms with E-state index in [-0.39, 0.29) is 29.1 Å². The van der Waals surface area contributed by atoms with E-state index in [1.807, 2.05) is 42.5 Å². The lowest BCUT2D eigenvalue weighted by Gasteiger charge is -2.09. The summed E-state index contributed by atoms with van der Waals surface area (Å²) in [4.78, 5) is 35.5. The van der Waals surface area contributed by atoms with Crippen molar-refractivity contribution in [2.75, 3.05) is 22.1 Å². The summed E-state index contributed by atoms with van der Waals surface area (Å²) in [5.41, 5.74) is 1.98. The van der Waals surface area contributed by atoms with E-state index < -0.39 is 0 Å². The molecule has 3 rings (SSSR count). The number of thioether (sulfide) groups is 1. The van der Waals surface area contributed by atoms with Gasteiger partial charge in [0.2, 0.25) is 11.8 Å². The highest BCUT2D eigenvalue weighted by atomic mass is 32.2. The van der Waals surface area contributed by atoms with Crippen LogP contribution in [0.4, 0.5) is 11.4 Å². The number of rotatable bonds is 7. The molecular weight excluding hydrogens is 372 g/mol. The van der Waals surface area contributed by atoms with Gasteiger partial charge in [-0.05, 0) is 42.6 Å². The molecule has 0 aliphatic heterocycles. The van der Waals surface area contributed by atoms with Gasteiger partial charge in [-0.1, -0.05) is 36.4 Å². The number of fused-ring (bicyclic) bond motifs is 1. The van der Waals surface area contributed by atoms with Gasteiger partial charge in [-0.15, -0.1) is 11.8 Å². The largest absolute Gasteiger partial charge is 0.325 e. The highest BCUT2D eigenvalue weighted by molar-refractivity contribution is 8.00. The molecule has 3 aromatic rings. The summed E-state index contributed by atoms with van der Waals surface area (Å²) in [5.74, 6) is -0.0266. The third kappa shape index (κ3) is 5.20. The van der Waals surface area contributed by atoms with E-state index in [4.69, 9.17) is 0 Å². The van der Waals surface area contributed by atoms with Crippen molar-refractivity contribution in [3.05, 3.63) is 72.3 Å². The summed E-state index contributed by atoms with van der Waals surface area (Å²) in [5, 5.41) is 7.69. The fourth-order valence-corrected chi connectivity index (χ4v) is 3.36. The van der Waals surface area contributed by atoms with Crippen molar-refractivity contribution in [3.63, 3.8) is 0 Å². The molecule has 2 N–H and O–H groups in total. The van der Waals surface area contributed by atoms with Gasteiger partial charge in [-0.3, -0.25) is 14.4 Å². The van der Waals surface area contributed by atoms with Crippen LogP contribution in [0, 0.1) is 0 Å². The number of carbonyl (C=O) groups excluding carboxylic acids is 3. The Morgan fingerprint density at radius 2 is 1.43 bits per heavy atom. The summed E-state index contributed by atoms with van der Waals surface area (Å²) in [7, 11) is 0. The highest BCUT2D eigenvalue weighted by Crippen LogP contribution is 2.23. The van der Waals surface area contributed by atoms with E-state index in [0.717, 1.165) is 16.5 Å². The lowest BCUT2D eigenvalue weighted by molar-refractivity contribution is -0.114. The van der Waals surface area contributed by atoms with Crippen LogP contribution in [0.25, 0.3) is 10.8 Å². The Morgan fingerprint density at radius 3 is 2.14 bits per heavy atom. The molecule has 0 spiro atoms. The van der Waals surface area contributed by atoms with Crippen molar-refractivity contribution in [3.8, 4) is 0 Å². The number of carbonyl (C=O) groups is 3. The molecule has 0 aliphatic carbocycles. The molecule has 142 valence electrons. The first-order valence-electron chi connectivity index (χ1n) is 8.79. The van der Waals surface area contributed by atoms with Gasteiger partial charge in [-0.25, -0.2) is 0 Å². The maximum Gasteiger partial charge on any atom is 0.234 e. The van der Waals surface area contributed by atoms with Gasteiger partial charge in [0.25, 0.3) is 0 Å². The third-order valence-corrected chi connectivity index (χ3v) is 5.04. The molecule has 0 heterocycles. The molecule has 0 atom stereocenters. The molecule has 0 radical (unpaired) electrons. The Bertz CT molecular complexity index is 1010. The zero-order valence-corrected chi connectivity index (χ0v) is 16.2. The fourth-order valence-electron chi connectivity index (χ4n) is 2.74. The van der Waals surface area contributed by atoms with Crippen molar-refractivity contribution in [1.82, 2.24) is 0 Å². The SMILES string of the molecule is CC(=O)c1ccc(NC(=O)CSCC(=O)Nc2cccc3ccccc23)cc1. The number of anilines is 2. The second-order valence-corrected chi connectivity index (χ2v) is 7.23. The predicted molar refractivity (Wildman–Crippen MR) is 115 cm³/mol. The number of benzene rings is 3. The summed E-state index contributed by atoms with van der Waals surface area (Å²) in [6.07, 6.45) is 0. The van der Waals surface area contributed by atoms with E-state index in [1.165, 1.54) is 18.7 Å². The average molecular weight is 392 g/mol. The number of Topliss-reactive ketones (excluding diaryl/α,β-unsaturated/α-hetero) is 1. The Balaban J connectivity index is 1.47. The van der Waals surface area contributed by atoms with Gasteiger partial charge in [-0.2, -0.15) is 0 Å². The van der Waals surface area contributed by atoms with Crippen molar-refractivity contribution >= 4 is 51.5 Å². The number of amides is 2. The summed E-state index contributed by atoms with van der Waals surface area (Å²) >= 11 is 1.24. The minimum atomic E-state index is -0.196. The van der Waals surface area contributed by atoms with Crippen molar-refractivity contribution in [2.45, 2.75) is 6.92 Å². The van der Waals surface area contributed by atoms with Crippen molar-refractivity contribution in [2.24, 2.45) is 0 Å². The van der Waals surface area contributed by atoms with Crippen LogP contribution in [0.2, 0.25) is 0 Å². The van der Waals surface area contributed by atoms with Crippen LogP contribution in [0.1, 0.15) is 17.3 Å². The van der Waals surface area contributed by atoms with Crippen LogP contribution in [0.3, 0.4) is 0 Å². The molecule has 0 saturated carbocycles. The molecule has 0 aromatic heterocycles. The average Bonchev–Trinajstić information content (AvgIpc) is 2.68. The summed E-state index contributed by atoms with van der Waals surface area (Å²) in [6.45, 7) is 1.49. The first kappa shape index (κ1) is 19.6. The smallest absolute Gasteiger partial charge is 0.234 e. The van der Waals surface area contributed by atoms with Gasteiger partial charge in [0.1, 0.15) is 0 Å². The standard InChI is InChI=1S/C22H20N2O3S/c1-15(25)16-9-11-18(12-10-16)23-21(26)13-28-14-22(27)24-20-8-4-6-17-5-2-3-7-19(17)20/h2-12H,13-14H2,1H3,(H,23,26)(H,24,27). The number of hydrogen-bond acceptors (Lipinski definition) is 4. The molecule has 0 saturated heterocycles. The monoisotopic (exact) mass is 392 g/mol. The molecule has 0 aliphatic rings. The van der Waals surface area contributed by atoms with Crippen LogP contribution in [0.5, 0.6) is 0 Å². The molecule has 3 aromatic carbocycles. The molecule has 6 heteroatoms. The predicted octanol–water partition coefficient (Wildman–Crippen LogP) is 4.35. The maximum atomic E-state index is 12.2. The van der Waals surface area contributed by atoms with Crippen LogP contribution >= 0.6 is 11.8 Å². The second kappa shape index (κ2) is 9.19. The van der Waals surface area contributed by atoms with E-state index in [0.29, 0.717) is 11.3 Å². The molecule has 28 heavy (non-hydrogen) atoms. The van der Waals surface area contributed by atoms with Crippen LogP contribution in [-0.4, -0.2) is 29.1 Å². The quantitative estimate of drug-likeness (QED) is 0.586. The fraction of sp³-hybridized carbons (Fsp3) is 0.136. The number of nitrogens with one attached hydrogen (secondary N) is 2. The van der Waals surface area contributed by atoms with Gasteiger partial charge >= 0.3 is 0 Å². The summed E-state index contributed by atoms with van der Waals surface area (Å²) in [6, 6.07) is 20.3. The van der Waals surface area contributed by atoms with Crippen molar-refractivity contribution in [1.29, 1.82) is 0 Å². The van der Waals surface area contributed by atoms with Gasteiger partial charge in [0.05, 0.1) is 11.5 Å². The van der Waals surface area contributed by atoms with Crippen LogP contribution in [0.15, 0.2) is 66.7 Å².